The molecule has 3 nitrogen and oxygen atoms in total. The Labute approximate surface area is 431 Å². The van der Waals surface area contributed by atoms with Crippen LogP contribution in [0, 0.1) is 116 Å². The third kappa shape index (κ3) is 9.96. The van der Waals surface area contributed by atoms with E-state index in [4.69, 9.17) is 9.47 Å². The Balaban J connectivity index is 0.000000236. The Kier molecular flexibility index (Phi) is 16.8. The average molecular weight is 1160 g/mol. The SMILES string of the molecule is COc1ccc([S+](c2ccc(OC)cc2)c2ccc(Sc3ccc(C(C)=O)cc3)s2)cc1.Fc1c(F)c(F)c([B-](c2c(F)c(F)c(F)c(F)c2F)(c2c(F)c(F)c(F)c(F)c2F)c2c(F)c(F)c(F)c(F)c2F)c(F)c1F. The molecule has 0 N–H and O–H groups in total. The van der Waals surface area contributed by atoms with Crippen LogP contribution in [0.1, 0.15) is 17.3 Å². The summed E-state index contributed by atoms with van der Waals surface area (Å²) < 4.78 is 307. The molecule has 27 heteroatoms. The molecule has 0 aliphatic rings. The molecule has 0 bridgehead atoms. The topological polar surface area (TPSA) is 35.5 Å². The number of methoxy groups -OCH3 is 2. The largest absolute Gasteiger partial charge is 0.497 e. The molecule has 0 fully saturated rings. The molecule has 8 aromatic rings. The number of carbonyl (C=O) groups excluding carboxylic acids is 1. The molecule has 0 aliphatic carbocycles. The lowest BCUT2D eigenvalue weighted by Gasteiger charge is -2.44. The quantitative estimate of drug-likeness (QED) is 0.0305. The highest BCUT2D eigenvalue weighted by Crippen LogP contribution is 2.41. The number of carbonyl (C=O) groups is 1. The van der Waals surface area contributed by atoms with E-state index in [2.05, 4.69) is 36.4 Å². The lowest BCUT2D eigenvalue weighted by atomic mass is 9.12. The maximum absolute atomic E-state index is 15.4. The van der Waals surface area contributed by atoms with E-state index in [1.807, 2.05) is 48.5 Å². The minimum Gasteiger partial charge on any atom is -0.497 e. The van der Waals surface area contributed by atoms with E-state index in [1.54, 1.807) is 44.2 Å². The molecular formula is C50H23BF20O3S3. The third-order valence-corrected chi connectivity index (χ3v) is 16.3. The first-order chi connectivity index (χ1) is 36.3. The molecule has 1 aromatic heterocycles. The molecule has 0 unspecified atom stereocenters. The minimum atomic E-state index is -7.22. The second kappa shape index (κ2) is 22.5. The van der Waals surface area contributed by atoms with E-state index in [9.17, 15) is 57.5 Å². The van der Waals surface area contributed by atoms with Gasteiger partial charge in [-0.1, -0.05) is 35.2 Å². The van der Waals surface area contributed by atoms with Crippen LogP contribution in [0.5, 0.6) is 11.5 Å². The highest BCUT2D eigenvalue weighted by atomic mass is 32.2. The molecule has 0 saturated carbocycles. The van der Waals surface area contributed by atoms with Gasteiger partial charge in [-0.05, 0) is 73.7 Å². The van der Waals surface area contributed by atoms with E-state index < -0.39 is 144 Å². The van der Waals surface area contributed by atoms with Crippen molar-refractivity contribution < 1.29 is 102 Å². The number of rotatable bonds is 12. The molecule has 7 aromatic carbocycles. The maximum Gasteiger partial charge on any atom is 0.221 e. The second-order valence-corrected chi connectivity index (χ2v) is 20.4. The first-order valence-electron chi connectivity index (χ1n) is 20.9. The molecule has 1 heterocycles. The van der Waals surface area contributed by atoms with Crippen molar-refractivity contribution in [2.75, 3.05) is 14.2 Å². The Morgan fingerprint density at radius 2 is 0.662 bits per heavy atom. The van der Waals surface area contributed by atoms with Gasteiger partial charge in [0.15, 0.2) is 85.4 Å². The number of ketones is 1. The molecule has 8 rings (SSSR count). The van der Waals surface area contributed by atoms with Gasteiger partial charge in [0.2, 0.25) is 4.21 Å². The molecule has 0 radical (unpaired) electrons. The van der Waals surface area contributed by atoms with Crippen LogP contribution >= 0.6 is 23.1 Å². The predicted molar refractivity (Wildman–Crippen MR) is 242 cm³/mol. The van der Waals surface area contributed by atoms with Crippen LogP contribution in [-0.4, -0.2) is 26.1 Å². The van der Waals surface area contributed by atoms with Crippen LogP contribution in [-0.2, 0) is 10.9 Å². The molecule has 0 amide bonds. The first kappa shape index (κ1) is 57.6. The van der Waals surface area contributed by atoms with Crippen LogP contribution in [0.4, 0.5) is 87.8 Å². The summed E-state index contributed by atoms with van der Waals surface area (Å²) in [5, 5.41) is 0. The van der Waals surface area contributed by atoms with Crippen LogP contribution < -0.4 is 31.3 Å². The summed E-state index contributed by atoms with van der Waals surface area (Å²) in [4.78, 5) is 15.1. The normalized spacial score (nSPS) is 11.5. The van der Waals surface area contributed by atoms with Gasteiger partial charge in [0, 0.05) is 16.5 Å². The van der Waals surface area contributed by atoms with E-state index in [0.717, 1.165) is 22.0 Å². The summed E-state index contributed by atoms with van der Waals surface area (Å²) in [6.45, 7) is 1.59. The lowest BCUT2D eigenvalue weighted by Crippen LogP contribution is -2.81. The number of benzene rings is 7. The average Bonchev–Trinajstić information content (AvgIpc) is 3.95. The number of thiophene rings is 1. The predicted octanol–water partition coefficient (Wildman–Crippen LogP) is 13.1. The summed E-state index contributed by atoms with van der Waals surface area (Å²) in [5.41, 5.74) is -13.6. The third-order valence-electron chi connectivity index (χ3n) is 11.5. The van der Waals surface area contributed by atoms with Gasteiger partial charge in [0.05, 0.1) is 18.4 Å². The summed E-state index contributed by atoms with van der Waals surface area (Å²) >= 11 is 3.52. The number of halogens is 20. The van der Waals surface area contributed by atoms with Gasteiger partial charge < -0.3 is 9.47 Å². The summed E-state index contributed by atoms with van der Waals surface area (Å²) in [5.74, 6) is -69.6. The van der Waals surface area contributed by atoms with Crippen molar-refractivity contribution in [1.29, 1.82) is 0 Å². The van der Waals surface area contributed by atoms with E-state index >= 15 is 35.1 Å². The number of hydrogen-bond acceptors (Lipinski definition) is 5. The molecule has 402 valence electrons. The van der Waals surface area contributed by atoms with Crippen molar-refractivity contribution in [3.63, 3.8) is 0 Å². The molecule has 0 spiro atoms. The Hall–Kier alpha value is -7.13. The molecule has 0 atom stereocenters. The van der Waals surface area contributed by atoms with Gasteiger partial charge in [-0.2, -0.15) is 0 Å². The van der Waals surface area contributed by atoms with Crippen molar-refractivity contribution in [1.82, 2.24) is 0 Å². The van der Waals surface area contributed by atoms with Crippen LogP contribution in [0.15, 0.2) is 108 Å². The smallest absolute Gasteiger partial charge is 0.221 e. The molecular weight excluding hydrogens is 1140 g/mol. The Bertz CT molecular complexity index is 3190. The fourth-order valence-electron chi connectivity index (χ4n) is 8.01. The monoisotopic (exact) mass is 1160 g/mol. The fourth-order valence-corrected chi connectivity index (χ4v) is 12.9. The summed E-state index contributed by atoms with van der Waals surface area (Å²) in [7, 11) is 3.14. The lowest BCUT2D eigenvalue weighted by molar-refractivity contribution is 0.101. The molecule has 0 saturated heterocycles. The van der Waals surface area contributed by atoms with Crippen LogP contribution in [0.25, 0.3) is 0 Å². The van der Waals surface area contributed by atoms with Crippen molar-refractivity contribution >= 4 is 67.8 Å². The van der Waals surface area contributed by atoms with Gasteiger partial charge in [-0.3, -0.25) is 4.79 Å². The van der Waals surface area contributed by atoms with Gasteiger partial charge in [-0.15, -0.1) is 21.9 Å². The van der Waals surface area contributed by atoms with Gasteiger partial charge in [-0.25, -0.2) is 87.8 Å². The van der Waals surface area contributed by atoms with Gasteiger partial charge in [0.25, 0.3) is 0 Å². The molecule has 77 heavy (non-hydrogen) atoms. The van der Waals surface area contributed by atoms with E-state index in [0.29, 0.717) is 0 Å². The number of ether oxygens (including phenoxy) is 2. The van der Waals surface area contributed by atoms with Crippen molar-refractivity contribution in [2.24, 2.45) is 0 Å². The Morgan fingerprint density at radius 3 is 0.922 bits per heavy atom. The second-order valence-electron chi connectivity index (χ2n) is 15.7. The highest BCUT2D eigenvalue weighted by Gasteiger charge is 2.52. The van der Waals surface area contributed by atoms with Gasteiger partial charge >= 0.3 is 0 Å². The highest BCUT2D eigenvalue weighted by molar-refractivity contribution is 8.02. The van der Waals surface area contributed by atoms with Crippen LogP contribution in [0.2, 0.25) is 0 Å². The zero-order valence-corrected chi connectivity index (χ0v) is 40.6. The van der Waals surface area contributed by atoms with E-state index in [-0.39, 0.29) is 16.7 Å². The number of hydrogen-bond donors (Lipinski definition) is 0. The maximum atomic E-state index is 15.4. The zero-order valence-electron chi connectivity index (χ0n) is 38.2. The summed E-state index contributed by atoms with van der Waals surface area (Å²) in [6, 6.07) is 28.8. The molecule has 0 aliphatic heterocycles. The van der Waals surface area contributed by atoms with Crippen molar-refractivity contribution in [3.05, 3.63) is 207 Å². The van der Waals surface area contributed by atoms with Crippen LogP contribution in [0.3, 0.4) is 0 Å². The summed E-state index contributed by atoms with van der Waals surface area (Å²) in [6.07, 6.45) is -7.22. The van der Waals surface area contributed by atoms with Crippen molar-refractivity contribution in [2.45, 2.75) is 30.0 Å². The standard InChI is InChI=1S/C26H23O3S3.C24BF20/c1-18(27)19-4-10-22(11-5-19)30-25-16-17-26(31-25)32(23-12-6-20(28-2)7-13-23)24-14-8-21(29-3)9-15-24;26-5-1(6(27)14(35)21(42)13(5)34)25(2-7(28)15(36)22(43)16(37)8(2)29,3-9(30)17(38)23(44)18(39)10(3)31)4-11(32)19(40)24(45)20(41)12(4)33/h4-17H,1-3H3;/q+1;-1. The van der Waals surface area contributed by atoms with Crippen molar-refractivity contribution in [3.8, 4) is 11.5 Å². The first-order valence-corrected chi connectivity index (χ1v) is 23.8. The zero-order chi connectivity index (χ0) is 56.9. The van der Waals surface area contributed by atoms with E-state index in [1.165, 1.54) is 18.2 Å². The fraction of sp³-hybridized carbons (Fsp3) is 0.0600. The minimum absolute atomic E-state index is 0.0861. The number of Topliss-reactive ketones (excluding diaryl/α,β-unsaturated/α-hetero) is 1. The Morgan fingerprint density at radius 1 is 0.390 bits per heavy atom. The van der Waals surface area contributed by atoms with Gasteiger partial charge in [0.1, 0.15) is 75.1 Å².